The summed E-state index contributed by atoms with van der Waals surface area (Å²) in [5.74, 6) is -0.462. The molecule has 1 aromatic carbocycles. The van der Waals surface area contributed by atoms with E-state index in [0.29, 0.717) is 6.54 Å². The molecule has 118 valence electrons. The van der Waals surface area contributed by atoms with Crippen LogP contribution in [0.4, 0.5) is 11.4 Å². The molecule has 5 N–H and O–H groups in total. The molecular formula is C13H21N3O5. The normalized spacial score (nSPS) is 13.8. The molecule has 0 aliphatic carbocycles. The van der Waals surface area contributed by atoms with Gasteiger partial charge in [-0.05, 0) is 13.3 Å². The van der Waals surface area contributed by atoms with E-state index in [1.165, 1.54) is 19.1 Å². The Hall–Kier alpha value is -1.55. The molecule has 21 heavy (non-hydrogen) atoms. The monoisotopic (exact) mass is 299 g/mol. The molecule has 0 radical (unpaired) electrons. The van der Waals surface area contributed by atoms with E-state index in [9.17, 15) is 15.2 Å². The minimum absolute atomic E-state index is 0.0481. The van der Waals surface area contributed by atoms with Gasteiger partial charge in [0.25, 0.3) is 5.91 Å². The number of rotatable bonds is 7. The maximum absolute atomic E-state index is 12.0. The number of unbranched alkanes of at least 4 members (excludes halogenated alkanes) is 2. The van der Waals surface area contributed by atoms with Gasteiger partial charge in [-0.3, -0.25) is 4.79 Å². The zero-order valence-electron chi connectivity index (χ0n) is 12.1. The third-order valence-corrected chi connectivity index (χ3v) is 3.20. The molecule has 0 aromatic heterocycles. The summed E-state index contributed by atoms with van der Waals surface area (Å²) in [7, 11) is 0. The number of quaternary nitrogens is 2. The summed E-state index contributed by atoms with van der Waals surface area (Å²) >= 11 is 0. The summed E-state index contributed by atoms with van der Waals surface area (Å²) in [5.41, 5.74) is -0.161. The van der Waals surface area contributed by atoms with Crippen LogP contribution in [0, 0.1) is 17.3 Å². The maximum Gasteiger partial charge on any atom is 0.251 e. The Balaban J connectivity index is 2.98. The quantitative estimate of drug-likeness (QED) is 0.350. The van der Waals surface area contributed by atoms with Gasteiger partial charge in [-0.2, -0.15) is 10.5 Å². The van der Waals surface area contributed by atoms with Gasteiger partial charge in [0.05, 0.1) is 11.1 Å². The first-order chi connectivity index (χ1) is 9.88. The van der Waals surface area contributed by atoms with Crippen molar-refractivity contribution in [2.45, 2.75) is 33.1 Å². The van der Waals surface area contributed by atoms with Gasteiger partial charge in [0.2, 0.25) is 0 Å². The first kappa shape index (κ1) is 17.5. The molecule has 1 rings (SSSR count). The number of amides is 1. The van der Waals surface area contributed by atoms with E-state index < -0.39 is 16.4 Å². The second kappa shape index (κ2) is 8.03. The molecule has 8 heteroatoms. The van der Waals surface area contributed by atoms with E-state index in [1.807, 2.05) is 6.92 Å². The summed E-state index contributed by atoms with van der Waals surface area (Å²) in [4.78, 5) is 12.0. The predicted molar refractivity (Wildman–Crippen MR) is 74.6 cm³/mol. The first-order valence-electron chi connectivity index (χ1n) is 6.77. The van der Waals surface area contributed by atoms with Crippen molar-refractivity contribution in [3.8, 4) is 0 Å². The lowest BCUT2D eigenvalue weighted by atomic mass is 10.1. The van der Waals surface area contributed by atoms with Crippen molar-refractivity contribution in [2.75, 3.05) is 6.54 Å². The molecule has 1 aromatic rings. The molecule has 0 aliphatic heterocycles. The lowest BCUT2D eigenvalue weighted by Crippen LogP contribution is -3.01. The number of hydrogen-bond donors (Lipinski definition) is 5. The molecule has 0 bridgehead atoms. The zero-order valence-corrected chi connectivity index (χ0v) is 12.1. The van der Waals surface area contributed by atoms with Crippen LogP contribution in [0.25, 0.3) is 0 Å². The maximum atomic E-state index is 12.0. The van der Waals surface area contributed by atoms with Crippen LogP contribution < -0.4 is 15.8 Å². The Labute approximate surface area is 122 Å². The van der Waals surface area contributed by atoms with E-state index in [0.717, 1.165) is 19.3 Å². The van der Waals surface area contributed by atoms with Gasteiger partial charge in [0, 0.05) is 18.7 Å². The molecule has 0 aliphatic rings. The molecule has 0 saturated heterocycles. The highest BCUT2D eigenvalue weighted by molar-refractivity contribution is 5.95. The van der Waals surface area contributed by atoms with Gasteiger partial charge in [0.15, 0.2) is 11.4 Å². The third-order valence-electron chi connectivity index (χ3n) is 3.20. The number of benzene rings is 1. The summed E-state index contributed by atoms with van der Waals surface area (Å²) in [6.45, 7) is 3.93. The van der Waals surface area contributed by atoms with Crippen LogP contribution in [0.5, 0.6) is 0 Å². The van der Waals surface area contributed by atoms with Crippen LogP contribution in [0.2, 0.25) is 0 Å². The van der Waals surface area contributed by atoms with Gasteiger partial charge in [-0.25, -0.2) is 10.4 Å². The number of carbonyl (C=O) groups excluding carboxylic acids is 1. The molecule has 8 nitrogen and oxygen atoms in total. The van der Waals surface area contributed by atoms with Gasteiger partial charge in [-0.1, -0.05) is 19.8 Å². The minimum atomic E-state index is -1.25. The number of hydrogen-bond acceptors (Lipinski definition) is 5. The smallest absolute Gasteiger partial charge is 0.251 e. The molecule has 0 heterocycles. The number of nitrogens with one attached hydrogen (secondary N) is 3. The second-order valence-electron chi connectivity index (χ2n) is 4.77. The highest BCUT2D eigenvalue weighted by Gasteiger charge is 2.20. The molecule has 2 unspecified atom stereocenters. The van der Waals surface area contributed by atoms with Crippen molar-refractivity contribution in [1.82, 2.24) is 5.32 Å². The summed E-state index contributed by atoms with van der Waals surface area (Å²) in [6.07, 6.45) is 2.83. The van der Waals surface area contributed by atoms with Gasteiger partial charge < -0.3 is 15.7 Å². The lowest BCUT2D eigenvalue weighted by molar-refractivity contribution is -0.996. The largest absolute Gasteiger partial charge is 0.595 e. The van der Waals surface area contributed by atoms with E-state index in [1.54, 1.807) is 0 Å². The van der Waals surface area contributed by atoms with Crippen molar-refractivity contribution in [1.29, 1.82) is 0 Å². The Kier molecular flexibility index (Phi) is 6.69. The third kappa shape index (κ3) is 4.74. The highest BCUT2D eigenvalue weighted by Crippen LogP contribution is 2.20. The van der Waals surface area contributed by atoms with E-state index in [2.05, 4.69) is 5.32 Å². The Bertz CT molecular complexity index is 462. The van der Waals surface area contributed by atoms with E-state index in [4.69, 9.17) is 10.4 Å². The topological polar surface area (TPSA) is 125 Å². The fraction of sp³-hybridized carbons (Fsp3) is 0.462. The molecule has 0 saturated carbocycles. The van der Waals surface area contributed by atoms with E-state index >= 15 is 0 Å². The Morgan fingerprint density at radius 1 is 1.19 bits per heavy atom. The predicted octanol–water partition coefficient (Wildman–Crippen LogP) is -0.278. The van der Waals surface area contributed by atoms with Crippen LogP contribution in [-0.4, -0.2) is 22.9 Å². The van der Waals surface area contributed by atoms with Crippen molar-refractivity contribution in [3.63, 3.8) is 0 Å². The van der Waals surface area contributed by atoms with Crippen LogP contribution >= 0.6 is 0 Å². The Morgan fingerprint density at radius 3 is 2.14 bits per heavy atom. The molecule has 0 spiro atoms. The van der Waals surface area contributed by atoms with Crippen LogP contribution in [0.1, 0.15) is 42.1 Å². The van der Waals surface area contributed by atoms with Crippen LogP contribution in [0.15, 0.2) is 12.1 Å². The van der Waals surface area contributed by atoms with Crippen molar-refractivity contribution >= 4 is 17.3 Å². The lowest BCUT2D eigenvalue weighted by Gasteiger charge is -2.20. The first-order valence-corrected chi connectivity index (χ1v) is 6.77. The molecule has 1 amide bonds. The van der Waals surface area contributed by atoms with Crippen LogP contribution in [0.3, 0.4) is 0 Å². The molecule has 2 atom stereocenters. The Morgan fingerprint density at radius 2 is 1.71 bits per heavy atom. The second-order valence-corrected chi connectivity index (χ2v) is 4.77. The fourth-order valence-corrected chi connectivity index (χ4v) is 1.97. The number of carbonyl (C=O) groups is 1. The average molecular weight is 299 g/mol. The summed E-state index contributed by atoms with van der Waals surface area (Å²) in [5, 5.41) is 40.6. The van der Waals surface area contributed by atoms with Crippen molar-refractivity contribution in [2.24, 2.45) is 0 Å². The standard InChI is InChI=1S/C13H21N3O5/c1-3-4-5-6-14-13(17)10-7-11(15(18)19)9(2)12(8-10)16(20)21/h7-8,15-16,18,20H,3-6H2,1-2H3,(H,14,17). The van der Waals surface area contributed by atoms with Gasteiger partial charge in [0.1, 0.15) is 0 Å². The van der Waals surface area contributed by atoms with Gasteiger partial charge in [-0.15, -0.1) is 0 Å². The summed E-state index contributed by atoms with van der Waals surface area (Å²) < 4.78 is 0. The van der Waals surface area contributed by atoms with Crippen molar-refractivity contribution in [3.05, 3.63) is 33.7 Å². The zero-order chi connectivity index (χ0) is 16.0. The highest BCUT2D eigenvalue weighted by atomic mass is 16.8. The minimum Gasteiger partial charge on any atom is -0.595 e. The molecular weight excluding hydrogens is 278 g/mol. The summed E-state index contributed by atoms with van der Waals surface area (Å²) in [6, 6.07) is 2.42. The SMILES string of the molecule is CCCCCNC(=O)c1cc([NH+]([O-])O)c(C)c([NH+]([O-])O)c1. The average Bonchev–Trinajstić information content (AvgIpc) is 2.42. The van der Waals surface area contributed by atoms with Gasteiger partial charge >= 0.3 is 0 Å². The van der Waals surface area contributed by atoms with Crippen LogP contribution in [-0.2, 0) is 0 Å². The fourth-order valence-electron chi connectivity index (χ4n) is 1.97. The van der Waals surface area contributed by atoms with E-state index in [-0.39, 0.29) is 22.5 Å². The van der Waals surface area contributed by atoms with Crippen molar-refractivity contribution < 1.29 is 25.7 Å². The molecule has 0 fully saturated rings.